The number of aromatic nitrogens is 2. The number of rotatable bonds is 21. The molecule has 0 atom stereocenters. The van der Waals surface area contributed by atoms with E-state index in [9.17, 15) is 19.2 Å². The van der Waals surface area contributed by atoms with Crippen LogP contribution in [0.5, 0.6) is 0 Å². The zero-order valence-electron chi connectivity index (χ0n) is 56.6. The van der Waals surface area contributed by atoms with Gasteiger partial charge in [-0.15, -0.1) is 11.3 Å². The van der Waals surface area contributed by atoms with Crippen molar-refractivity contribution < 1.29 is 17.7 Å². The molecule has 0 saturated carbocycles. The molecule has 99 heavy (non-hydrogen) atoms. The van der Waals surface area contributed by atoms with Crippen LogP contribution in [0.3, 0.4) is 0 Å². The Hall–Kier alpha value is -11.4. The first-order valence-electron chi connectivity index (χ1n) is 34.0. The third-order valence-corrected chi connectivity index (χ3v) is 20.1. The summed E-state index contributed by atoms with van der Waals surface area (Å²) in [5, 5.41) is 3.26. The molecule has 0 aliphatic heterocycles. The number of anilines is 4. The van der Waals surface area contributed by atoms with Gasteiger partial charge in [-0.2, -0.15) is 0 Å². The molecule has 0 radical (unpaired) electrons. The van der Waals surface area contributed by atoms with E-state index < -0.39 is 22.5 Å². The van der Waals surface area contributed by atoms with E-state index in [-0.39, 0.29) is 0 Å². The highest BCUT2D eigenvalue weighted by Gasteiger charge is 2.21. The van der Waals surface area contributed by atoms with Gasteiger partial charge in [-0.1, -0.05) is 72.8 Å². The van der Waals surface area contributed by atoms with E-state index in [1.165, 1.54) is 11.3 Å². The number of fused-ring (bicyclic) bond motifs is 4. The Kier molecular flexibility index (Phi) is 18.1. The molecule has 0 saturated heterocycles. The van der Waals surface area contributed by atoms with Gasteiger partial charge >= 0.3 is 22.5 Å². The molecule has 0 fully saturated rings. The van der Waals surface area contributed by atoms with Crippen LogP contribution in [0, 0.1) is 0 Å². The molecule has 0 amide bonds. The lowest BCUT2D eigenvalue weighted by molar-refractivity contribution is 0.563. The molecule has 0 spiro atoms. The lowest BCUT2D eigenvalue weighted by Gasteiger charge is -2.21. The van der Waals surface area contributed by atoms with Crippen molar-refractivity contribution in [1.82, 2.24) is 9.97 Å². The smallest absolute Gasteiger partial charge is 0.345 e. The van der Waals surface area contributed by atoms with Gasteiger partial charge in [-0.05, 0) is 192 Å². The summed E-state index contributed by atoms with van der Waals surface area (Å²) in [7, 11) is 0. The van der Waals surface area contributed by atoms with E-state index in [2.05, 4.69) is 124 Å². The van der Waals surface area contributed by atoms with Crippen molar-refractivity contribution in [1.29, 1.82) is 0 Å². The molecule has 0 aliphatic carbocycles. The van der Waals surface area contributed by atoms with Crippen molar-refractivity contribution in [3.05, 3.63) is 248 Å². The Bertz CT molecular complexity index is 5450. The molecule has 0 aliphatic rings. The fourth-order valence-corrected chi connectivity index (χ4v) is 14.3. The summed E-state index contributed by atoms with van der Waals surface area (Å²) in [5.74, 6) is 0. The standard InChI is InChI=1S/C84H74N6O8S/c1-9-87(10-2)63-33-29-57-39-67(81(91)95-75(57)47-63)51-17-23-54(24-18-51)71-43-61(44-72(85-71)55-25-19-52(20-26-55)68-40-58-30-34-64(88(11-3)12-4)48-76(58)96-82(68)92)62-45-73(56-27-21-53(22-28-56)69-41-59-31-35-65(89(13-5)14-6)49-77(59)97-83(69)93)86-74(46-62)80-38-37-79(99-80)70-42-60-32-36-66(90(15-7)16-8)50-78(60)98-84(70)94/h17-50H,9-16H2,1-8H3. The molecule has 494 valence electrons. The van der Waals surface area contributed by atoms with Crippen LogP contribution < -0.4 is 42.1 Å². The van der Waals surface area contributed by atoms with Crippen molar-refractivity contribution in [2.75, 3.05) is 72.0 Å². The maximum atomic E-state index is 14.0. The molecule has 14 aromatic rings. The van der Waals surface area contributed by atoms with Crippen molar-refractivity contribution in [3.8, 4) is 99.3 Å². The maximum Gasteiger partial charge on any atom is 0.345 e. The molecule has 0 N–H and O–H groups in total. The van der Waals surface area contributed by atoms with Crippen LogP contribution in [0.1, 0.15) is 55.4 Å². The van der Waals surface area contributed by atoms with Crippen LogP contribution in [0.25, 0.3) is 143 Å². The normalized spacial score (nSPS) is 11.5. The van der Waals surface area contributed by atoms with Crippen LogP contribution in [-0.4, -0.2) is 62.3 Å². The summed E-state index contributed by atoms with van der Waals surface area (Å²) in [6, 6.07) is 67.0. The largest absolute Gasteiger partial charge is 0.422 e. The predicted octanol–water partition coefficient (Wildman–Crippen LogP) is 19.4. The first kappa shape index (κ1) is 64.9. The molecular weight excluding hydrogens is 1250 g/mol. The zero-order valence-corrected chi connectivity index (χ0v) is 57.5. The number of nitrogens with zero attached hydrogens (tertiary/aromatic N) is 6. The van der Waals surface area contributed by atoms with Crippen molar-refractivity contribution in [2.45, 2.75) is 55.4 Å². The van der Waals surface area contributed by atoms with Gasteiger partial charge < -0.3 is 37.3 Å². The first-order valence-corrected chi connectivity index (χ1v) is 34.8. The summed E-state index contributed by atoms with van der Waals surface area (Å²) >= 11 is 1.45. The second-order valence-electron chi connectivity index (χ2n) is 24.5. The quantitative estimate of drug-likeness (QED) is 0.0625. The average molecular weight is 1330 g/mol. The van der Waals surface area contributed by atoms with E-state index in [0.717, 1.165) is 134 Å². The van der Waals surface area contributed by atoms with Crippen LogP contribution in [0.4, 0.5) is 22.7 Å². The molecule has 7 aromatic heterocycles. The number of hydrogen-bond donors (Lipinski definition) is 0. The summed E-state index contributed by atoms with van der Waals surface area (Å²) < 4.78 is 24.0. The number of benzene rings is 7. The lowest BCUT2D eigenvalue weighted by Crippen LogP contribution is -2.21. The van der Waals surface area contributed by atoms with Crippen molar-refractivity contribution >= 4 is 78.0 Å². The SMILES string of the molecule is CCN(CC)c1ccc2cc(-c3ccc(-c4cc(-c5cc(-c6ccc(-c7cc8ccc(N(CC)CC)cc8oc7=O)cc6)nc(-c6ccc(-c7cc8ccc(N(CC)CC)cc8oc7=O)s6)c5)cc(-c5ccc(-c6cc7ccc(N(CC)CC)cc7oc6=O)cc5)n4)cc3)c(=O)oc2c1. The van der Waals surface area contributed by atoms with Crippen LogP contribution >= 0.6 is 11.3 Å². The fraction of sp³-hybridized carbons (Fsp3) is 0.190. The van der Waals surface area contributed by atoms with Crippen molar-refractivity contribution in [3.63, 3.8) is 0 Å². The summed E-state index contributed by atoms with van der Waals surface area (Å²) in [5.41, 5.74) is 14.8. The Balaban J connectivity index is 0.889. The molecule has 7 heterocycles. The molecule has 7 aromatic carbocycles. The Morgan fingerprint density at radius 3 is 0.818 bits per heavy atom. The minimum Gasteiger partial charge on any atom is -0.422 e. The number of pyridine rings is 2. The van der Waals surface area contributed by atoms with Crippen LogP contribution in [0.15, 0.2) is 243 Å². The van der Waals surface area contributed by atoms with Gasteiger partial charge in [0.2, 0.25) is 0 Å². The van der Waals surface area contributed by atoms with E-state index in [0.29, 0.717) is 84.1 Å². The molecule has 14 nitrogen and oxygen atoms in total. The second-order valence-corrected chi connectivity index (χ2v) is 25.6. The zero-order chi connectivity index (χ0) is 68.6. The first-order chi connectivity index (χ1) is 48.2. The molecule has 15 heteroatoms. The third-order valence-electron chi connectivity index (χ3n) is 19.0. The van der Waals surface area contributed by atoms with Gasteiger partial charge in [0, 0.05) is 142 Å². The van der Waals surface area contributed by atoms with Gasteiger partial charge in [0.15, 0.2) is 0 Å². The molecule has 0 bridgehead atoms. The highest BCUT2D eigenvalue weighted by molar-refractivity contribution is 7.18. The highest BCUT2D eigenvalue weighted by atomic mass is 32.1. The van der Waals surface area contributed by atoms with Gasteiger partial charge in [0.25, 0.3) is 0 Å². The van der Waals surface area contributed by atoms with Gasteiger partial charge in [-0.3, -0.25) is 0 Å². The maximum absolute atomic E-state index is 14.0. The Labute approximate surface area is 576 Å². The number of thiophene rings is 1. The van der Waals surface area contributed by atoms with Gasteiger partial charge in [0.05, 0.1) is 49.9 Å². The minimum atomic E-state index is -0.437. The Morgan fingerprint density at radius 1 is 0.263 bits per heavy atom. The monoisotopic (exact) mass is 1330 g/mol. The molecule has 14 rings (SSSR count). The van der Waals surface area contributed by atoms with E-state index in [1.54, 1.807) is 0 Å². The van der Waals surface area contributed by atoms with E-state index >= 15 is 0 Å². The minimum absolute atomic E-state index is 0.436. The highest BCUT2D eigenvalue weighted by Crippen LogP contribution is 2.41. The summed E-state index contributed by atoms with van der Waals surface area (Å²) in [6.07, 6.45) is 0. The van der Waals surface area contributed by atoms with E-state index in [4.69, 9.17) is 27.6 Å². The van der Waals surface area contributed by atoms with Crippen LogP contribution in [-0.2, 0) is 0 Å². The Morgan fingerprint density at radius 2 is 0.515 bits per heavy atom. The molecular formula is C84H74N6O8S. The molecule has 0 unspecified atom stereocenters. The predicted molar refractivity (Wildman–Crippen MR) is 407 cm³/mol. The summed E-state index contributed by atoms with van der Waals surface area (Å²) in [6.45, 7) is 23.4. The third kappa shape index (κ3) is 12.8. The average Bonchev–Trinajstić information content (AvgIpc) is 1.46. The van der Waals surface area contributed by atoms with E-state index in [1.807, 2.05) is 158 Å². The summed E-state index contributed by atoms with van der Waals surface area (Å²) in [4.78, 5) is 76.6. The topological polar surface area (TPSA) is 160 Å². The number of hydrogen-bond acceptors (Lipinski definition) is 15. The van der Waals surface area contributed by atoms with Gasteiger partial charge in [-0.25, -0.2) is 29.1 Å². The second kappa shape index (κ2) is 27.6. The van der Waals surface area contributed by atoms with Gasteiger partial charge in [0.1, 0.15) is 22.3 Å². The fourth-order valence-electron chi connectivity index (χ4n) is 13.4. The van der Waals surface area contributed by atoms with Crippen LogP contribution in [0.2, 0.25) is 0 Å². The van der Waals surface area contributed by atoms with Crippen molar-refractivity contribution in [2.24, 2.45) is 0 Å². The lowest BCUT2D eigenvalue weighted by atomic mass is 9.96.